The first kappa shape index (κ1) is 26.2. The molecule has 4 aliphatic rings. The van der Waals surface area contributed by atoms with E-state index >= 15 is 0 Å². The molecule has 0 spiro atoms. The Morgan fingerprint density at radius 1 is 1.12 bits per heavy atom. The lowest BCUT2D eigenvalue weighted by atomic mass is 9.46. The van der Waals surface area contributed by atoms with Crippen LogP contribution in [0.3, 0.4) is 0 Å². The molecule has 1 unspecified atom stereocenters. The van der Waals surface area contributed by atoms with Crippen LogP contribution < -0.4 is 5.84 Å². The Morgan fingerprint density at radius 2 is 1.85 bits per heavy atom. The van der Waals surface area contributed by atoms with E-state index in [1.165, 1.54) is 55.5 Å². The van der Waals surface area contributed by atoms with Gasteiger partial charge in [-0.05, 0) is 98.2 Å². The summed E-state index contributed by atoms with van der Waals surface area (Å²) in [7, 11) is 0. The van der Waals surface area contributed by atoms with Crippen molar-refractivity contribution in [1.29, 1.82) is 0 Å². The number of hydrazine groups is 1. The number of nitrogens with two attached hydrogens (primary N) is 1. The Hall–Kier alpha value is -0.870. The highest BCUT2D eigenvalue weighted by Gasteiger charge is 2.60. The summed E-state index contributed by atoms with van der Waals surface area (Å²) in [5.74, 6) is 10.4. The monoisotopic (exact) mass is 472 g/mol. The van der Waals surface area contributed by atoms with Crippen molar-refractivity contribution in [2.45, 2.75) is 118 Å². The van der Waals surface area contributed by atoms with E-state index in [1.807, 2.05) is 6.92 Å². The van der Waals surface area contributed by atoms with Gasteiger partial charge in [-0.15, -0.1) is 0 Å². The highest BCUT2D eigenvalue weighted by Crippen LogP contribution is 2.67. The van der Waals surface area contributed by atoms with E-state index in [2.05, 4.69) is 40.7 Å². The molecule has 1 amide bonds. The minimum atomic E-state index is -1.32. The summed E-state index contributed by atoms with van der Waals surface area (Å²) in [6.07, 6.45) is 15.1. The predicted molar refractivity (Wildman–Crippen MR) is 140 cm³/mol. The molecular formula is C30H52N2O2. The Balaban J connectivity index is 1.50. The van der Waals surface area contributed by atoms with Crippen molar-refractivity contribution in [3.63, 3.8) is 0 Å². The molecule has 0 aromatic rings. The first-order valence-corrected chi connectivity index (χ1v) is 14.4. The van der Waals surface area contributed by atoms with Gasteiger partial charge in [0.2, 0.25) is 0 Å². The third-order valence-corrected chi connectivity index (χ3v) is 11.4. The predicted octanol–water partition coefficient (Wildman–Crippen LogP) is 6.48. The number of allylic oxidation sites excluding steroid dienone is 1. The number of carbonyl (C=O) groups is 1. The standard InChI is InChI=1S/C30H52N2O2/c1-7-32(31)27(33)30(34)18-17-28(5)22(19-30)11-12-23-25-14-13-24(21(4)10-8-9-20(2)3)29(25,6)16-15-26(23)28/h11,20-21,23-26,34H,7-10,12-19,31H2,1-6H3/t21-,23+,24-,25+,26+,28+,29-,30?/m1/s1. The molecule has 0 aliphatic heterocycles. The molecule has 0 aromatic carbocycles. The van der Waals surface area contributed by atoms with Crippen LogP contribution in [0.1, 0.15) is 112 Å². The maximum atomic E-state index is 12.8. The zero-order chi connectivity index (χ0) is 24.9. The van der Waals surface area contributed by atoms with Gasteiger partial charge in [0.15, 0.2) is 0 Å². The Labute approximate surface area is 209 Å². The Morgan fingerprint density at radius 3 is 2.53 bits per heavy atom. The van der Waals surface area contributed by atoms with E-state index < -0.39 is 5.60 Å². The molecule has 194 valence electrons. The van der Waals surface area contributed by atoms with E-state index in [1.54, 1.807) is 0 Å². The van der Waals surface area contributed by atoms with Gasteiger partial charge in [-0.3, -0.25) is 9.80 Å². The number of nitrogens with zero attached hydrogens (tertiary/aromatic N) is 1. The average molecular weight is 473 g/mol. The highest BCUT2D eigenvalue weighted by molar-refractivity contribution is 5.85. The summed E-state index contributed by atoms with van der Waals surface area (Å²) >= 11 is 0. The number of rotatable bonds is 7. The number of aliphatic hydroxyl groups is 1. The number of hydrogen-bond acceptors (Lipinski definition) is 3. The molecule has 3 saturated carbocycles. The van der Waals surface area contributed by atoms with E-state index in [4.69, 9.17) is 5.84 Å². The van der Waals surface area contributed by atoms with Crippen LogP contribution in [0.4, 0.5) is 0 Å². The summed E-state index contributed by atoms with van der Waals surface area (Å²) in [5.41, 5.74) is 0.631. The van der Waals surface area contributed by atoms with Gasteiger partial charge in [0.1, 0.15) is 5.60 Å². The van der Waals surface area contributed by atoms with Crippen LogP contribution in [0, 0.1) is 46.3 Å². The SMILES string of the molecule is CCN(N)C(=O)C1(O)CC[C@@]2(C)C(=CC[C@H]3[C@@H]4CC[C@H]([C@H](C)CCCC(C)C)[C@@]4(C)CC[C@@H]32)C1. The lowest BCUT2D eigenvalue weighted by Crippen LogP contribution is -2.57. The summed E-state index contributed by atoms with van der Waals surface area (Å²) in [6.45, 7) is 14.6. The fourth-order valence-corrected chi connectivity index (χ4v) is 9.26. The fourth-order valence-electron chi connectivity index (χ4n) is 9.26. The first-order chi connectivity index (χ1) is 16.0. The maximum Gasteiger partial charge on any atom is 0.268 e. The van der Waals surface area contributed by atoms with Gasteiger partial charge in [-0.1, -0.05) is 65.5 Å². The van der Waals surface area contributed by atoms with E-state index in [9.17, 15) is 9.90 Å². The van der Waals surface area contributed by atoms with Gasteiger partial charge < -0.3 is 5.11 Å². The van der Waals surface area contributed by atoms with Crippen molar-refractivity contribution >= 4 is 5.91 Å². The molecule has 4 nitrogen and oxygen atoms in total. The molecule has 4 rings (SSSR count). The molecule has 3 fully saturated rings. The first-order valence-electron chi connectivity index (χ1n) is 14.4. The number of carbonyl (C=O) groups excluding carboxylic acids is 1. The summed E-state index contributed by atoms with van der Waals surface area (Å²) in [6, 6.07) is 0. The van der Waals surface area contributed by atoms with Crippen LogP contribution in [-0.2, 0) is 4.79 Å². The maximum absolute atomic E-state index is 12.8. The van der Waals surface area contributed by atoms with Crippen molar-refractivity contribution in [2.24, 2.45) is 52.2 Å². The number of amides is 1. The number of hydrogen-bond donors (Lipinski definition) is 2. The summed E-state index contributed by atoms with van der Waals surface area (Å²) in [5, 5.41) is 12.5. The summed E-state index contributed by atoms with van der Waals surface area (Å²) in [4.78, 5) is 12.8. The molecular weight excluding hydrogens is 420 g/mol. The van der Waals surface area contributed by atoms with Crippen molar-refractivity contribution < 1.29 is 9.90 Å². The molecule has 0 radical (unpaired) electrons. The molecule has 3 N–H and O–H groups in total. The lowest BCUT2D eigenvalue weighted by Gasteiger charge is -2.59. The second-order valence-electron chi connectivity index (χ2n) is 13.6. The molecule has 34 heavy (non-hydrogen) atoms. The van der Waals surface area contributed by atoms with Gasteiger partial charge in [0, 0.05) is 13.0 Å². The van der Waals surface area contributed by atoms with Crippen LogP contribution in [0.2, 0.25) is 0 Å². The number of likely N-dealkylation sites (N-methyl/N-ethyl adjacent to an activating group) is 1. The fraction of sp³-hybridized carbons (Fsp3) is 0.900. The highest BCUT2D eigenvalue weighted by atomic mass is 16.3. The minimum absolute atomic E-state index is 0.128. The van der Waals surface area contributed by atoms with Crippen molar-refractivity contribution in [1.82, 2.24) is 5.01 Å². The lowest BCUT2D eigenvalue weighted by molar-refractivity contribution is -0.157. The molecule has 4 heteroatoms. The molecule has 0 aromatic heterocycles. The zero-order valence-corrected chi connectivity index (χ0v) is 22.9. The molecule has 0 heterocycles. The summed E-state index contributed by atoms with van der Waals surface area (Å²) < 4.78 is 0. The topological polar surface area (TPSA) is 66.6 Å². The van der Waals surface area contributed by atoms with Gasteiger partial charge in [0.25, 0.3) is 5.91 Å². The largest absolute Gasteiger partial charge is 0.380 e. The molecule has 4 aliphatic carbocycles. The molecule has 0 saturated heterocycles. The van der Waals surface area contributed by atoms with Crippen LogP contribution in [0.15, 0.2) is 11.6 Å². The second-order valence-corrected chi connectivity index (χ2v) is 13.6. The smallest absolute Gasteiger partial charge is 0.268 e. The van der Waals surface area contributed by atoms with E-state index in [0.717, 1.165) is 42.4 Å². The third-order valence-electron chi connectivity index (χ3n) is 11.4. The third kappa shape index (κ3) is 4.29. The van der Waals surface area contributed by atoms with Crippen LogP contribution in [0.25, 0.3) is 0 Å². The zero-order valence-electron chi connectivity index (χ0n) is 22.9. The van der Waals surface area contributed by atoms with Crippen molar-refractivity contribution in [3.05, 3.63) is 11.6 Å². The quantitative estimate of drug-likeness (QED) is 0.193. The Bertz CT molecular complexity index is 793. The van der Waals surface area contributed by atoms with Gasteiger partial charge in [-0.2, -0.15) is 0 Å². The number of fused-ring (bicyclic) bond motifs is 5. The van der Waals surface area contributed by atoms with Crippen LogP contribution in [0.5, 0.6) is 0 Å². The average Bonchev–Trinajstić information content (AvgIpc) is 3.15. The van der Waals surface area contributed by atoms with Gasteiger partial charge in [-0.25, -0.2) is 5.84 Å². The Kier molecular flexibility index (Phi) is 7.35. The minimum Gasteiger partial charge on any atom is -0.380 e. The van der Waals surface area contributed by atoms with E-state index in [-0.39, 0.29) is 11.3 Å². The molecule has 0 bridgehead atoms. The van der Waals surface area contributed by atoms with Crippen molar-refractivity contribution in [3.8, 4) is 0 Å². The van der Waals surface area contributed by atoms with Crippen LogP contribution >= 0.6 is 0 Å². The normalized spacial score (nSPS) is 42.4. The van der Waals surface area contributed by atoms with Gasteiger partial charge in [0.05, 0.1) is 0 Å². The van der Waals surface area contributed by atoms with E-state index in [0.29, 0.717) is 30.7 Å². The molecule has 8 atom stereocenters. The second kappa shape index (κ2) is 9.54. The van der Waals surface area contributed by atoms with Crippen LogP contribution in [-0.4, -0.2) is 28.2 Å². The van der Waals surface area contributed by atoms with Crippen molar-refractivity contribution in [2.75, 3.05) is 6.54 Å². The van der Waals surface area contributed by atoms with Gasteiger partial charge >= 0.3 is 0 Å².